The van der Waals surface area contributed by atoms with Crippen LogP contribution in [0.4, 0.5) is 0 Å². The third-order valence-electron chi connectivity index (χ3n) is 3.73. The van der Waals surface area contributed by atoms with Crippen LogP contribution >= 0.6 is 0 Å². The van der Waals surface area contributed by atoms with Crippen molar-refractivity contribution >= 4 is 5.91 Å². The second-order valence-electron chi connectivity index (χ2n) is 5.21. The number of hydrogen-bond acceptors (Lipinski definition) is 3. The van der Waals surface area contributed by atoms with E-state index in [4.69, 9.17) is 10.8 Å². The average molecular weight is 242 g/mol. The summed E-state index contributed by atoms with van der Waals surface area (Å²) < 4.78 is 0. The summed E-state index contributed by atoms with van der Waals surface area (Å²) in [5.41, 5.74) is 5.95. The van der Waals surface area contributed by atoms with Gasteiger partial charge in [-0.25, -0.2) is 0 Å². The first-order valence-electron chi connectivity index (χ1n) is 6.75. The van der Waals surface area contributed by atoms with E-state index < -0.39 is 0 Å². The van der Waals surface area contributed by atoms with E-state index in [1.54, 1.807) is 4.90 Å². The molecular formula is C13H26N2O2. The standard InChI is InChI=1S/C13H26N2O2/c1-3-6-15(7-8-16)13(17)12-9-11(14)5-4-10(12)2/h10-12,16H,3-9,14H2,1-2H3. The first-order valence-corrected chi connectivity index (χ1v) is 6.75. The molecule has 0 aromatic carbocycles. The summed E-state index contributed by atoms with van der Waals surface area (Å²) in [6.45, 7) is 5.41. The molecule has 1 fully saturated rings. The normalized spacial score (nSPS) is 29.1. The molecule has 4 nitrogen and oxygen atoms in total. The molecule has 1 amide bonds. The molecule has 3 atom stereocenters. The Kier molecular flexibility index (Phi) is 5.92. The molecule has 1 saturated carbocycles. The second-order valence-corrected chi connectivity index (χ2v) is 5.21. The van der Waals surface area contributed by atoms with E-state index in [9.17, 15) is 4.79 Å². The molecule has 0 saturated heterocycles. The largest absolute Gasteiger partial charge is 0.395 e. The van der Waals surface area contributed by atoms with Crippen molar-refractivity contribution in [3.8, 4) is 0 Å². The van der Waals surface area contributed by atoms with Crippen LogP contribution < -0.4 is 5.73 Å². The summed E-state index contributed by atoms with van der Waals surface area (Å²) in [5, 5.41) is 9.01. The molecule has 3 unspecified atom stereocenters. The average Bonchev–Trinajstić information content (AvgIpc) is 2.31. The van der Waals surface area contributed by atoms with Crippen LogP contribution in [-0.4, -0.2) is 41.7 Å². The fraction of sp³-hybridized carbons (Fsp3) is 0.923. The summed E-state index contributed by atoms with van der Waals surface area (Å²) in [7, 11) is 0. The lowest BCUT2D eigenvalue weighted by atomic mass is 9.77. The maximum Gasteiger partial charge on any atom is 0.226 e. The summed E-state index contributed by atoms with van der Waals surface area (Å²) in [6, 6.07) is 0.165. The van der Waals surface area contributed by atoms with Crippen molar-refractivity contribution in [2.45, 2.75) is 45.6 Å². The Bertz CT molecular complexity index is 240. The van der Waals surface area contributed by atoms with Gasteiger partial charge in [0.25, 0.3) is 0 Å². The van der Waals surface area contributed by atoms with Gasteiger partial charge in [-0.05, 0) is 31.6 Å². The van der Waals surface area contributed by atoms with Gasteiger partial charge in [-0.2, -0.15) is 0 Å². The number of rotatable bonds is 5. The number of nitrogens with zero attached hydrogens (tertiary/aromatic N) is 1. The van der Waals surface area contributed by atoms with Gasteiger partial charge in [0.2, 0.25) is 5.91 Å². The second kappa shape index (κ2) is 6.97. The third kappa shape index (κ3) is 3.96. The molecule has 0 heterocycles. The molecule has 1 aliphatic carbocycles. The zero-order chi connectivity index (χ0) is 12.8. The lowest BCUT2D eigenvalue weighted by Gasteiger charge is -2.35. The van der Waals surface area contributed by atoms with Gasteiger partial charge in [0.15, 0.2) is 0 Å². The van der Waals surface area contributed by atoms with Crippen molar-refractivity contribution in [3.63, 3.8) is 0 Å². The Labute approximate surface area is 104 Å². The molecular weight excluding hydrogens is 216 g/mol. The van der Waals surface area contributed by atoms with Crippen LogP contribution in [0.25, 0.3) is 0 Å². The molecule has 0 radical (unpaired) electrons. The number of carbonyl (C=O) groups is 1. The van der Waals surface area contributed by atoms with E-state index in [0.29, 0.717) is 12.5 Å². The van der Waals surface area contributed by atoms with Gasteiger partial charge in [-0.15, -0.1) is 0 Å². The minimum absolute atomic E-state index is 0.0406. The van der Waals surface area contributed by atoms with Crippen LogP contribution in [0, 0.1) is 11.8 Å². The maximum absolute atomic E-state index is 12.4. The molecule has 0 aromatic rings. The summed E-state index contributed by atoms with van der Waals surface area (Å²) in [5.74, 6) is 0.653. The molecule has 1 aliphatic rings. The predicted molar refractivity (Wildman–Crippen MR) is 68.4 cm³/mol. The molecule has 0 aromatic heterocycles. The number of carbonyl (C=O) groups excluding carboxylic acids is 1. The molecule has 4 heteroatoms. The molecule has 17 heavy (non-hydrogen) atoms. The van der Waals surface area contributed by atoms with E-state index in [1.807, 2.05) is 6.92 Å². The Morgan fingerprint density at radius 2 is 2.12 bits per heavy atom. The van der Waals surface area contributed by atoms with Gasteiger partial charge in [0, 0.05) is 25.0 Å². The molecule has 1 rings (SSSR count). The fourth-order valence-corrected chi connectivity index (χ4v) is 2.66. The van der Waals surface area contributed by atoms with Crippen LogP contribution in [0.1, 0.15) is 39.5 Å². The zero-order valence-electron chi connectivity index (χ0n) is 11.1. The quantitative estimate of drug-likeness (QED) is 0.755. The Balaban J connectivity index is 2.63. The number of aliphatic hydroxyl groups excluding tert-OH is 1. The van der Waals surface area contributed by atoms with Crippen molar-refractivity contribution in [1.29, 1.82) is 0 Å². The first-order chi connectivity index (χ1) is 8.10. The molecule has 100 valence electrons. The first kappa shape index (κ1) is 14.5. The van der Waals surface area contributed by atoms with Gasteiger partial charge in [-0.3, -0.25) is 4.79 Å². The van der Waals surface area contributed by atoms with Crippen LogP contribution in [0.2, 0.25) is 0 Å². The van der Waals surface area contributed by atoms with Crippen LogP contribution in [-0.2, 0) is 4.79 Å². The highest BCUT2D eigenvalue weighted by Crippen LogP contribution is 2.30. The minimum atomic E-state index is 0.0406. The Morgan fingerprint density at radius 1 is 1.41 bits per heavy atom. The van der Waals surface area contributed by atoms with E-state index in [2.05, 4.69) is 6.92 Å². The fourth-order valence-electron chi connectivity index (χ4n) is 2.66. The zero-order valence-corrected chi connectivity index (χ0v) is 11.1. The predicted octanol–water partition coefficient (Wildman–Crippen LogP) is 0.981. The number of hydrogen-bond donors (Lipinski definition) is 2. The molecule has 0 bridgehead atoms. The van der Waals surface area contributed by atoms with Crippen molar-refractivity contribution < 1.29 is 9.90 Å². The van der Waals surface area contributed by atoms with E-state index in [0.717, 1.165) is 32.2 Å². The lowest BCUT2D eigenvalue weighted by Crippen LogP contribution is -2.45. The Morgan fingerprint density at radius 3 is 2.71 bits per heavy atom. The van der Waals surface area contributed by atoms with Gasteiger partial charge >= 0.3 is 0 Å². The van der Waals surface area contributed by atoms with E-state index >= 15 is 0 Å². The highest BCUT2D eigenvalue weighted by molar-refractivity contribution is 5.79. The van der Waals surface area contributed by atoms with E-state index in [-0.39, 0.29) is 24.5 Å². The monoisotopic (exact) mass is 242 g/mol. The lowest BCUT2D eigenvalue weighted by molar-refractivity contribution is -0.139. The van der Waals surface area contributed by atoms with Gasteiger partial charge in [0.1, 0.15) is 0 Å². The number of amides is 1. The van der Waals surface area contributed by atoms with Gasteiger partial charge in [0.05, 0.1) is 6.61 Å². The summed E-state index contributed by atoms with van der Waals surface area (Å²) in [4.78, 5) is 14.2. The Hall–Kier alpha value is -0.610. The van der Waals surface area contributed by atoms with Gasteiger partial charge < -0.3 is 15.7 Å². The van der Waals surface area contributed by atoms with Crippen LogP contribution in [0.3, 0.4) is 0 Å². The van der Waals surface area contributed by atoms with E-state index in [1.165, 1.54) is 0 Å². The smallest absolute Gasteiger partial charge is 0.226 e. The number of aliphatic hydroxyl groups is 1. The highest BCUT2D eigenvalue weighted by Gasteiger charge is 2.33. The topological polar surface area (TPSA) is 66.6 Å². The maximum atomic E-state index is 12.4. The van der Waals surface area contributed by atoms with Gasteiger partial charge in [-0.1, -0.05) is 13.8 Å². The minimum Gasteiger partial charge on any atom is -0.395 e. The van der Waals surface area contributed by atoms with Crippen LogP contribution in [0.5, 0.6) is 0 Å². The molecule has 0 spiro atoms. The third-order valence-corrected chi connectivity index (χ3v) is 3.73. The van der Waals surface area contributed by atoms with Crippen molar-refractivity contribution in [2.75, 3.05) is 19.7 Å². The van der Waals surface area contributed by atoms with Crippen molar-refractivity contribution in [2.24, 2.45) is 17.6 Å². The van der Waals surface area contributed by atoms with Crippen molar-refractivity contribution in [1.82, 2.24) is 4.90 Å². The number of nitrogens with two attached hydrogens (primary N) is 1. The van der Waals surface area contributed by atoms with Crippen LogP contribution in [0.15, 0.2) is 0 Å². The summed E-state index contributed by atoms with van der Waals surface area (Å²) in [6.07, 6.45) is 3.79. The summed E-state index contributed by atoms with van der Waals surface area (Å²) >= 11 is 0. The molecule has 0 aliphatic heterocycles. The molecule has 3 N–H and O–H groups in total. The van der Waals surface area contributed by atoms with Crippen molar-refractivity contribution in [3.05, 3.63) is 0 Å². The highest BCUT2D eigenvalue weighted by atomic mass is 16.3. The SMILES string of the molecule is CCCN(CCO)C(=O)C1CC(N)CCC1C.